The summed E-state index contributed by atoms with van der Waals surface area (Å²) in [7, 11) is 1.56. The number of anilines is 1. The summed E-state index contributed by atoms with van der Waals surface area (Å²) >= 11 is 11.7. The lowest BCUT2D eigenvalue weighted by atomic mass is 10.1. The lowest BCUT2D eigenvalue weighted by Crippen LogP contribution is -2.21. The molecule has 2 amide bonds. The molecule has 0 spiro atoms. The minimum Gasteiger partial charge on any atom is -0.484 e. The number of amides is 2. The topological polar surface area (TPSA) is 67.4 Å². The van der Waals surface area contributed by atoms with E-state index in [9.17, 15) is 9.59 Å². The highest BCUT2D eigenvalue weighted by Crippen LogP contribution is 2.26. The molecule has 0 aliphatic heterocycles. The predicted octanol–water partition coefficient (Wildman–Crippen LogP) is 3.68. The fourth-order valence-corrected chi connectivity index (χ4v) is 2.28. The maximum absolute atomic E-state index is 12.0. The quantitative estimate of drug-likeness (QED) is 0.847. The van der Waals surface area contributed by atoms with Crippen LogP contribution in [0.15, 0.2) is 36.4 Å². The van der Waals surface area contributed by atoms with Crippen molar-refractivity contribution in [3.63, 3.8) is 0 Å². The number of aryl methyl sites for hydroxylation is 1. The fourth-order valence-electron chi connectivity index (χ4n) is 1.99. The molecule has 0 aliphatic rings. The van der Waals surface area contributed by atoms with Crippen LogP contribution in [0.3, 0.4) is 0 Å². The van der Waals surface area contributed by atoms with E-state index in [1.165, 1.54) is 0 Å². The van der Waals surface area contributed by atoms with Gasteiger partial charge in [-0.3, -0.25) is 9.59 Å². The monoisotopic (exact) mass is 366 g/mol. The number of ether oxygens (including phenoxy) is 1. The second kappa shape index (κ2) is 8.04. The number of hydrogen-bond donors (Lipinski definition) is 2. The third-order valence-electron chi connectivity index (χ3n) is 3.25. The van der Waals surface area contributed by atoms with Gasteiger partial charge in [-0.1, -0.05) is 23.2 Å². The zero-order valence-electron chi connectivity index (χ0n) is 13.2. The van der Waals surface area contributed by atoms with E-state index in [1.54, 1.807) is 43.4 Å². The molecular weight excluding hydrogens is 351 g/mol. The molecule has 0 unspecified atom stereocenters. The van der Waals surface area contributed by atoms with Gasteiger partial charge in [0.2, 0.25) is 0 Å². The van der Waals surface area contributed by atoms with Crippen LogP contribution in [0.2, 0.25) is 10.0 Å². The molecule has 2 aromatic carbocycles. The molecule has 7 heteroatoms. The van der Waals surface area contributed by atoms with E-state index in [0.29, 0.717) is 27.0 Å². The summed E-state index contributed by atoms with van der Waals surface area (Å²) < 4.78 is 5.38. The summed E-state index contributed by atoms with van der Waals surface area (Å²) in [6.45, 7) is 1.64. The van der Waals surface area contributed by atoms with Crippen LogP contribution >= 0.6 is 23.2 Å². The summed E-state index contributed by atoms with van der Waals surface area (Å²) in [6.07, 6.45) is 0. The van der Waals surface area contributed by atoms with Crippen molar-refractivity contribution < 1.29 is 14.3 Å². The zero-order chi connectivity index (χ0) is 17.7. The Kier molecular flexibility index (Phi) is 6.06. The molecule has 0 saturated carbocycles. The van der Waals surface area contributed by atoms with Crippen LogP contribution in [0.1, 0.15) is 15.9 Å². The fraction of sp³-hybridized carbons (Fsp3) is 0.176. The molecule has 0 radical (unpaired) electrons. The van der Waals surface area contributed by atoms with Crippen molar-refractivity contribution >= 4 is 40.7 Å². The first-order chi connectivity index (χ1) is 11.4. The van der Waals surface area contributed by atoms with Gasteiger partial charge in [0.25, 0.3) is 11.8 Å². The third-order valence-corrected chi connectivity index (χ3v) is 3.99. The second-order valence-electron chi connectivity index (χ2n) is 5.02. The molecule has 0 atom stereocenters. The Morgan fingerprint density at radius 1 is 1.08 bits per heavy atom. The van der Waals surface area contributed by atoms with Gasteiger partial charge in [0.05, 0.1) is 10.0 Å². The van der Waals surface area contributed by atoms with E-state index >= 15 is 0 Å². The lowest BCUT2D eigenvalue weighted by Gasteiger charge is -2.11. The molecule has 0 fully saturated rings. The average Bonchev–Trinajstić information content (AvgIpc) is 2.57. The summed E-state index contributed by atoms with van der Waals surface area (Å²) in [6, 6.07) is 9.79. The molecule has 2 aromatic rings. The van der Waals surface area contributed by atoms with Gasteiger partial charge >= 0.3 is 0 Å². The summed E-state index contributed by atoms with van der Waals surface area (Å²) in [4.78, 5) is 23.6. The molecule has 5 nitrogen and oxygen atoms in total. The van der Waals surface area contributed by atoms with E-state index in [2.05, 4.69) is 10.6 Å². The first-order valence-corrected chi connectivity index (χ1v) is 7.86. The SMILES string of the molecule is CNC(=O)c1ccc(NC(=O)COc2ccc(Cl)c(Cl)c2)c(C)c1. The number of halogens is 2. The van der Waals surface area contributed by atoms with E-state index in [0.717, 1.165) is 5.56 Å². The molecular formula is C17H16Cl2N2O3. The number of carbonyl (C=O) groups excluding carboxylic acids is 2. The van der Waals surface area contributed by atoms with Crippen LogP contribution in [0, 0.1) is 6.92 Å². The van der Waals surface area contributed by atoms with Crippen molar-refractivity contribution in [1.82, 2.24) is 5.32 Å². The summed E-state index contributed by atoms with van der Waals surface area (Å²) in [5.41, 5.74) is 1.92. The third kappa shape index (κ3) is 4.63. The van der Waals surface area contributed by atoms with Gasteiger partial charge in [0.1, 0.15) is 5.75 Å². The maximum Gasteiger partial charge on any atom is 0.262 e. The van der Waals surface area contributed by atoms with Gasteiger partial charge < -0.3 is 15.4 Å². The molecule has 24 heavy (non-hydrogen) atoms. The van der Waals surface area contributed by atoms with E-state index < -0.39 is 0 Å². The van der Waals surface area contributed by atoms with Crippen LogP contribution < -0.4 is 15.4 Å². The highest BCUT2D eigenvalue weighted by molar-refractivity contribution is 6.42. The highest BCUT2D eigenvalue weighted by Gasteiger charge is 2.09. The first-order valence-electron chi connectivity index (χ1n) is 7.11. The molecule has 0 bridgehead atoms. The Balaban J connectivity index is 1.97. The highest BCUT2D eigenvalue weighted by atomic mass is 35.5. The number of benzene rings is 2. The minimum absolute atomic E-state index is 0.172. The number of carbonyl (C=O) groups is 2. The molecule has 0 aliphatic carbocycles. The van der Waals surface area contributed by atoms with Crippen molar-refractivity contribution in [1.29, 1.82) is 0 Å². The van der Waals surface area contributed by atoms with Gasteiger partial charge in [0.15, 0.2) is 6.61 Å². The van der Waals surface area contributed by atoms with Crippen molar-refractivity contribution in [2.45, 2.75) is 6.92 Å². The molecule has 2 N–H and O–H groups in total. The molecule has 0 heterocycles. The van der Waals surface area contributed by atoms with Gasteiger partial charge in [-0.25, -0.2) is 0 Å². The van der Waals surface area contributed by atoms with E-state index in [-0.39, 0.29) is 18.4 Å². The standard InChI is InChI=1S/C17H16Cl2N2O3/c1-10-7-11(17(23)20-2)3-6-15(10)21-16(22)9-24-12-4-5-13(18)14(19)8-12/h3-8H,9H2,1-2H3,(H,20,23)(H,21,22). The van der Waals surface area contributed by atoms with Crippen LogP contribution in [0.5, 0.6) is 5.75 Å². The van der Waals surface area contributed by atoms with Crippen molar-refractivity contribution in [3.05, 3.63) is 57.6 Å². The Hall–Kier alpha value is -2.24. The number of nitrogens with one attached hydrogen (secondary N) is 2. The largest absolute Gasteiger partial charge is 0.484 e. The number of rotatable bonds is 5. The van der Waals surface area contributed by atoms with Crippen LogP contribution in [-0.4, -0.2) is 25.5 Å². The van der Waals surface area contributed by atoms with Gasteiger partial charge in [0, 0.05) is 24.4 Å². The summed E-state index contributed by atoms with van der Waals surface area (Å²) in [5.74, 6) is -0.0537. The van der Waals surface area contributed by atoms with Gasteiger partial charge in [-0.05, 0) is 42.8 Å². The van der Waals surface area contributed by atoms with Crippen LogP contribution in [0.25, 0.3) is 0 Å². The Labute approximate surface area is 149 Å². The van der Waals surface area contributed by atoms with E-state index in [1.807, 2.05) is 6.92 Å². The van der Waals surface area contributed by atoms with E-state index in [4.69, 9.17) is 27.9 Å². The zero-order valence-corrected chi connectivity index (χ0v) is 14.7. The van der Waals surface area contributed by atoms with Gasteiger partial charge in [-0.2, -0.15) is 0 Å². The predicted molar refractivity (Wildman–Crippen MR) is 95.2 cm³/mol. The maximum atomic E-state index is 12.0. The Bertz CT molecular complexity index is 778. The molecule has 0 saturated heterocycles. The first kappa shape index (κ1) is 18.1. The van der Waals surface area contributed by atoms with Crippen LogP contribution in [0.4, 0.5) is 5.69 Å². The normalized spacial score (nSPS) is 10.2. The lowest BCUT2D eigenvalue weighted by molar-refractivity contribution is -0.118. The molecule has 2 rings (SSSR count). The van der Waals surface area contributed by atoms with Crippen molar-refractivity contribution in [2.75, 3.05) is 19.0 Å². The number of hydrogen-bond acceptors (Lipinski definition) is 3. The van der Waals surface area contributed by atoms with Crippen molar-refractivity contribution in [3.8, 4) is 5.75 Å². The molecule has 126 valence electrons. The molecule has 0 aromatic heterocycles. The van der Waals surface area contributed by atoms with Crippen molar-refractivity contribution in [2.24, 2.45) is 0 Å². The minimum atomic E-state index is -0.322. The Morgan fingerprint density at radius 3 is 2.46 bits per heavy atom. The average molecular weight is 367 g/mol. The second-order valence-corrected chi connectivity index (χ2v) is 5.84. The smallest absolute Gasteiger partial charge is 0.262 e. The Morgan fingerprint density at radius 2 is 1.83 bits per heavy atom. The van der Waals surface area contributed by atoms with Gasteiger partial charge in [-0.15, -0.1) is 0 Å². The van der Waals surface area contributed by atoms with Crippen LogP contribution in [-0.2, 0) is 4.79 Å². The summed E-state index contributed by atoms with van der Waals surface area (Å²) in [5, 5.41) is 6.06.